The van der Waals surface area contributed by atoms with Crippen LogP contribution in [0, 0.1) is 0 Å². The van der Waals surface area contributed by atoms with Gasteiger partial charge in [-0.05, 0) is 18.2 Å². The second-order valence-electron chi connectivity index (χ2n) is 4.28. The van der Waals surface area contributed by atoms with Crippen LogP contribution in [0.2, 0.25) is 0 Å². The van der Waals surface area contributed by atoms with E-state index in [0.29, 0.717) is 5.13 Å². The van der Waals surface area contributed by atoms with Gasteiger partial charge in [-0.1, -0.05) is 11.3 Å². The van der Waals surface area contributed by atoms with Crippen molar-refractivity contribution in [1.29, 1.82) is 0 Å². The van der Waals surface area contributed by atoms with Crippen molar-refractivity contribution in [2.75, 3.05) is 29.7 Å². The highest BCUT2D eigenvalue weighted by atomic mass is 32.2. The SMILES string of the molecule is COc1ccc2nc(NC(=O)C3CSCCS3)sc2c1. The van der Waals surface area contributed by atoms with Crippen molar-refractivity contribution >= 4 is 56.1 Å². The highest BCUT2D eigenvalue weighted by Gasteiger charge is 2.23. The van der Waals surface area contributed by atoms with Crippen LogP contribution >= 0.6 is 34.9 Å². The molecule has 1 aliphatic rings. The van der Waals surface area contributed by atoms with Crippen LogP contribution in [0.4, 0.5) is 5.13 Å². The average Bonchev–Trinajstić information content (AvgIpc) is 2.89. The van der Waals surface area contributed by atoms with Gasteiger partial charge in [-0.2, -0.15) is 11.8 Å². The summed E-state index contributed by atoms with van der Waals surface area (Å²) in [6, 6.07) is 5.72. The van der Waals surface area contributed by atoms with Crippen LogP contribution in [0.25, 0.3) is 10.2 Å². The Balaban J connectivity index is 1.75. The molecule has 4 nitrogen and oxygen atoms in total. The van der Waals surface area contributed by atoms with E-state index in [1.165, 1.54) is 11.3 Å². The Morgan fingerprint density at radius 3 is 3.10 bits per heavy atom. The van der Waals surface area contributed by atoms with Gasteiger partial charge in [0, 0.05) is 17.3 Å². The molecule has 1 aromatic carbocycles. The van der Waals surface area contributed by atoms with Crippen molar-refractivity contribution in [2.45, 2.75) is 5.25 Å². The fraction of sp³-hybridized carbons (Fsp3) is 0.385. The van der Waals surface area contributed by atoms with E-state index in [4.69, 9.17) is 4.74 Å². The van der Waals surface area contributed by atoms with Crippen molar-refractivity contribution in [3.05, 3.63) is 18.2 Å². The Morgan fingerprint density at radius 2 is 2.35 bits per heavy atom. The number of nitrogens with one attached hydrogen (secondary N) is 1. The Morgan fingerprint density at radius 1 is 1.45 bits per heavy atom. The van der Waals surface area contributed by atoms with Crippen LogP contribution < -0.4 is 10.1 Å². The highest BCUT2D eigenvalue weighted by molar-refractivity contribution is 8.07. The van der Waals surface area contributed by atoms with E-state index < -0.39 is 0 Å². The number of methoxy groups -OCH3 is 1. The number of anilines is 1. The maximum atomic E-state index is 12.2. The molecule has 1 fully saturated rings. The number of amides is 1. The van der Waals surface area contributed by atoms with Crippen molar-refractivity contribution < 1.29 is 9.53 Å². The summed E-state index contributed by atoms with van der Waals surface area (Å²) >= 11 is 5.04. The molecule has 2 heterocycles. The van der Waals surface area contributed by atoms with E-state index in [1.54, 1.807) is 18.9 Å². The zero-order valence-corrected chi connectivity index (χ0v) is 13.4. The van der Waals surface area contributed by atoms with Gasteiger partial charge in [0.1, 0.15) is 5.75 Å². The monoisotopic (exact) mass is 326 g/mol. The number of carbonyl (C=O) groups is 1. The number of rotatable bonds is 3. The molecule has 20 heavy (non-hydrogen) atoms. The minimum absolute atomic E-state index is 0.0373. The summed E-state index contributed by atoms with van der Waals surface area (Å²) in [6.07, 6.45) is 0. The van der Waals surface area contributed by atoms with Gasteiger partial charge in [0.05, 0.1) is 22.6 Å². The normalized spacial score (nSPS) is 18.9. The molecule has 106 valence electrons. The molecule has 1 unspecified atom stereocenters. The van der Waals surface area contributed by atoms with Gasteiger partial charge in [-0.25, -0.2) is 4.98 Å². The van der Waals surface area contributed by atoms with Crippen LogP contribution in [0.5, 0.6) is 5.75 Å². The van der Waals surface area contributed by atoms with Crippen LogP contribution in [0.15, 0.2) is 18.2 Å². The van der Waals surface area contributed by atoms with Gasteiger partial charge in [-0.15, -0.1) is 11.8 Å². The molecule has 0 saturated carbocycles. The molecule has 0 bridgehead atoms. The van der Waals surface area contributed by atoms with Gasteiger partial charge in [0.15, 0.2) is 5.13 Å². The number of ether oxygens (including phenoxy) is 1. The number of thiazole rings is 1. The third-order valence-electron chi connectivity index (χ3n) is 2.93. The van der Waals surface area contributed by atoms with Crippen molar-refractivity contribution in [3.63, 3.8) is 0 Å². The molecule has 1 aromatic heterocycles. The lowest BCUT2D eigenvalue weighted by Gasteiger charge is -2.19. The minimum atomic E-state index is 0.0373. The first-order valence-corrected chi connectivity index (χ1v) is 9.23. The van der Waals surface area contributed by atoms with Crippen LogP contribution in [-0.4, -0.2) is 40.5 Å². The number of hydrogen-bond donors (Lipinski definition) is 1. The van der Waals surface area contributed by atoms with E-state index in [-0.39, 0.29) is 11.2 Å². The largest absolute Gasteiger partial charge is 0.497 e. The number of hydrogen-bond acceptors (Lipinski definition) is 6. The second-order valence-corrected chi connectivity index (χ2v) is 7.77. The summed E-state index contributed by atoms with van der Waals surface area (Å²) in [7, 11) is 1.64. The van der Waals surface area contributed by atoms with Crippen molar-refractivity contribution in [3.8, 4) is 5.75 Å². The Hall–Kier alpha value is -0.920. The average molecular weight is 326 g/mol. The first-order chi connectivity index (χ1) is 9.76. The molecule has 1 saturated heterocycles. The smallest absolute Gasteiger partial charge is 0.240 e. The zero-order valence-electron chi connectivity index (χ0n) is 10.9. The van der Waals surface area contributed by atoms with Crippen molar-refractivity contribution in [2.24, 2.45) is 0 Å². The Kier molecular flexibility index (Phi) is 4.38. The van der Waals surface area contributed by atoms with Crippen LogP contribution in [0.3, 0.4) is 0 Å². The number of benzene rings is 1. The van der Waals surface area contributed by atoms with E-state index in [9.17, 15) is 4.79 Å². The van der Waals surface area contributed by atoms with Gasteiger partial charge in [0.2, 0.25) is 5.91 Å². The van der Waals surface area contributed by atoms with Crippen LogP contribution in [0.1, 0.15) is 0 Å². The van der Waals surface area contributed by atoms with Crippen molar-refractivity contribution in [1.82, 2.24) is 4.98 Å². The molecule has 2 aromatic rings. The maximum Gasteiger partial charge on any atom is 0.240 e. The predicted octanol–water partition coefficient (Wildman–Crippen LogP) is 3.09. The predicted molar refractivity (Wildman–Crippen MR) is 88.4 cm³/mol. The quantitative estimate of drug-likeness (QED) is 0.939. The van der Waals surface area contributed by atoms with E-state index in [1.807, 2.05) is 30.0 Å². The summed E-state index contributed by atoms with van der Waals surface area (Å²) in [6.45, 7) is 0. The Bertz CT molecular complexity index is 623. The molecule has 1 aliphatic heterocycles. The molecule has 1 N–H and O–H groups in total. The number of fused-ring (bicyclic) bond motifs is 1. The standard InChI is InChI=1S/C13H14N2O2S3/c1-17-8-2-3-9-10(6-8)20-13(14-9)15-12(16)11-7-18-4-5-19-11/h2-3,6,11H,4-5,7H2,1H3,(H,14,15,16). The summed E-state index contributed by atoms with van der Waals surface area (Å²) in [4.78, 5) is 16.6. The molecule has 7 heteroatoms. The molecule has 1 amide bonds. The lowest BCUT2D eigenvalue weighted by molar-refractivity contribution is -0.115. The lowest BCUT2D eigenvalue weighted by Crippen LogP contribution is -2.29. The topological polar surface area (TPSA) is 51.2 Å². The van der Waals surface area contributed by atoms with Crippen LogP contribution in [-0.2, 0) is 4.79 Å². The maximum absolute atomic E-state index is 12.2. The molecular formula is C13H14N2O2S3. The summed E-state index contributed by atoms with van der Waals surface area (Å²) in [5.74, 6) is 3.93. The molecule has 0 aliphatic carbocycles. The zero-order chi connectivity index (χ0) is 13.9. The third kappa shape index (κ3) is 3.05. The number of carbonyl (C=O) groups excluding carboxylic acids is 1. The van der Waals surface area contributed by atoms with E-state index in [2.05, 4.69) is 10.3 Å². The fourth-order valence-electron chi connectivity index (χ4n) is 1.91. The molecular weight excluding hydrogens is 312 g/mol. The third-order valence-corrected chi connectivity index (χ3v) is 6.62. The van der Waals surface area contributed by atoms with Gasteiger partial charge in [-0.3, -0.25) is 4.79 Å². The lowest BCUT2D eigenvalue weighted by atomic mass is 10.3. The highest BCUT2D eigenvalue weighted by Crippen LogP contribution is 2.30. The second kappa shape index (κ2) is 6.24. The van der Waals surface area contributed by atoms with Gasteiger partial charge >= 0.3 is 0 Å². The molecule has 1 atom stereocenters. The molecule has 0 radical (unpaired) electrons. The number of nitrogens with zero attached hydrogens (tertiary/aromatic N) is 1. The summed E-state index contributed by atoms with van der Waals surface area (Å²) in [5.41, 5.74) is 0.886. The van der Waals surface area contributed by atoms with E-state index >= 15 is 0 Å². The number of thioether (sulfide) groups is 2. The van der Waals surface area contributed by atoms with Gasteiger partial charge < -0.3 is 10.1 Å². The number of aromatic nitrogens is 1. The Labute approximate surface area is 129 Å². The van der Waals surface area contributed by atoms with E-state index in [0.717, 1.165) is 33.2 Å². The fourth-order valence-corrected chi connectivity index (χ4v) is 5.36. The summed E-state index contributed by atoms with van der Waals surface area (Å²) in [5, 5.41) is 3.63. The minimum Gasteiger partial charge on any atom is -0.497 e. The first kappa shape index (κ1) is 14.0. The van der Waals surface area contributed by atoms with Gasteiger partial charge in [0.25, 0.3) is 0 Å². The first-order valence-electron chi connectivity index (χ1n) is 6.21. The summed E-state index contributed by atoms with van der Waals surface area (Å²) < 4.78 is 6.21. The molecule has 0 spiro atoms. The molecule has 3 rings (SSSR count).